The first kappa shape index (κ1) is 12.4. The van der Waals surface area contributed by atoms with Gasteiger partial charge in [0.2, 0.25) is 5.88 Å². The van der Waals surface area contributed by atoms with E-state index in [9.17, 15) is 4.79 Å². The number of H-pyrrole nitrogens is 1. The molecule has 1 heterocycles. The van der Waals surface area contributed by atoms with Crippen molar-refractivity contribution in [2.75, 3.05) is 6.61 Å². The van der Waals surface area contributed by atoms with Gasteiger partial charge in [0.25, 0.3) is 5.56 Å². The molecular formula is C14H16N2O2. The van der Waals surface area contributed by atoms with Crippen molar-refractivity contribution in [1.82, 2.24) is 9.97 Å². The number of rotatable bonds is 5. The fraction of sp³-hybridized carbons (Fsp3) is 0.286. The molecule has 0 unspecified atom stereocenters. The normalized spacial score (nSPS) is 10.3. The highest BCUT2D eigenvalue weighted by Gasteiger charge is 1.99. The van der Waals surface area contributed by atoms with Crippen LogP contribution in [0, 0.1) is 6.92 Å². The lowest BCUT2D eigenvalue weighted by molar-refractivity contribution is 0.297. The van der Waals surface area contributed by atoms with Crippen molar-refractivity contribution >= 4 is 0 Å². The molecule has 0 radical (unpaired) electrons. The molecule has 0 saturated carbocycles. The standard InChI is InChI=1S/C14H16N2O2/c1-11-15-13(17)10-14(16-11)18-9-5-8-12-6-3-2-4-7-12/h2-4,6-7,10H,5,8-9H2,1H3,(H,15,16,17). The van der Waals surface area contributed by atoms with Crippen molar-refractivity contribution in [1.29, 1.82) is 0 Å². The molecule has 4 heteroatoms. The van der Waals surface area contributed by atoms with Crippen LogP contribution in [0.2, 0.25) is 0 Å². The predicted molar refractivity (Wildman–Crippen MR) is 69.9 cm³/mol. The van der Waals surface area contributed by atoms with Crippen molar-refractivity contribution in [3.8, 4) is 5.88 Å². The molecule has 1 aromatic heterocycles. The number of hydrogen-bond donors (Lipinski definition) is 1. The van der Waals surface area contributed by atoms with Gasteiger partial charge in [0.15, 0.2) is 0 Å². The first-order valence-corrected chi connectivity index (χ1v) is 5.99. The second kappa shape index (κ2) is 6.00. The Bertz CT molecular complexity index is 549. The third-order valence-corrected chi connectivity index (χ3v) is 2.54. The number of hydrogen-bond acceptors (Lipinski definition) is 3. The smallest absolute Gasteiger partial charge is 0.254 e. The molecule has 94 valence electrons. The van der Waals surface area contributed by atoms with Crippen LogP contribution in [0.1, 0.15) is 17.8 Å². The maximum atomic E-state index is 11.2. The van der Waals surface area contributed by atoms with Crippen LogP contribution in [0.5, 0.6) is 5.88 Å². The monoisotopic (exact) mass is 244 g/mol. The van der Waals surface area contributed by atoms with Gasteiger partial charge in [-0.1, -0.05) is 30.3 Å². The van der Waals surface area contributed by atoms with Gasteiger partial charge >= 0.3 is 0 Å². The summed E-state index contributed by atoms with van der Waals surface area (Å²) in [4.78, 5) is 17.9. The van der Waals surface area contributed by atoms with Gasteiger partial charge in [0.1, 0.15) is 5.82 Å². The Balaban J connectivity index is 1.80. The molecule has 1 N–H and O–H groups in total. The summed E-state index contributed by atoms with van der Waals surface area (Å²) in [6.07, 6.45) is 1.86. The van der Waals surface area contributed by atoms with E-state index in [-0.39, 0.29) is 5.56 Å². The van der Waals surface area contributed by atoms with Crippen molar-refractivity contribution < 1.29 is 4.74 Å². The molecule has 0 fully saturated rings. The molecule has 0 bridgehead atoms. The molecular weight excluding hydrogens is 228 g/mol. The van der Waals surface area contributed by atoms with E-state index >= 15 is 0 Å². The average molecular weight is 244 g/mol. The lowest BCUT2D eigenvalue weighted by Crippen LogP contribution is -2.10. The minimum atomic E-state index is -0.180. The molecule has 0 aliphatic heterocycles. The van der Waals surface area contributed by atoms with Crippen molar-refractivity contribution in [2.24, 2.45) is 0 Å². The maximum absolute atomic E-state index is 11.2. The van der Waals surface area contributed by atoms with Gasteiger partial charge in [-0.25, -0.2) is 4.98 Å². The topological polar surface area (TPSA) is 55.0 Å². The van der Waals surface area contributed by atoms with Gasteiger partial charge in [0, 0.05) is 0 Å². The SMILES string of the molecule is Cc1nc(OCCCc2ccccc2)cc(=O)[nH]1. The van der Waals surface area contributed by atoms with E-state index in [4.69, 9.17) is 4.74 Å². The van der Waals surface area contributed by atoms with E-state index in [0.717, 1.165) is 12.8 Å². The number of nitrogens with one attached hydrogen (secondary N) is 1. The molecule has 0 aliphatic rings. The zero-order valence-electron chi connectivity index (χ0n) is 10.3. The van der Waals surface area contributed by atoms with E-state index in [1.807, 2.05) is 18.2 Å². The second-order valence-corrected chi connectivity index (χ2v) is 4.11. The van der Waals surface area contributed by atoms with Gasteiger partial charge in [-0.05, 0) is 25.3 Å². The minimum Gasteiger partial charge on any atom is -0.477 e. The highest BCUT2D eigenvalue weighted by atomic mass is 16.5. The molecule has 18 heavy (non-hydrogen) atoms. The Morgan fingerprint density at radius 3 is 2.78 bits per heavy atom. The second-order valence-electron chi connectivity index (χ2n) is 4.11. The van der Waals surface area contributed by atoms with E-state index in [0.29, 0.717) is 18.3 Å². The summed E-state index contributed by atoms with van der Waals surface area (Å²) >= 11 is 0. The molecule has 0 spiro atoms. The molecule has 1 aromatic carbocycles. The molecule has 2 rings (SSSR count). The van der Waals surface area contributed by atoms with Crippen LogP contribution in [-0.4, -0.2) is 16.6 Å². The number of ether oxygens (including phenoxy) is 1. The van der Waals surface area contributed by atoms with Crippen LogP contribution >= 0.6 is 0 Å². The maximum Gasteiger partial charge on any atom is 0.254 e. The zero-order valence-corrected chi connectivity index (χ0v) is 10.3. The largest absolute Gasteiger partial charge is 0.477 e. The fourth-order valence-corrected chi connectivity index (χ4v) is 1.72. The summed E-state index contributed by atoms with van der Waals surface area (Å²) < 4.78 is 5.46. The summed E-state index contributed by atoms with van der Waals surface area (Å²) in [5.74, 6) is 0.963. The molecule has 2 aromatic rings. The van der Waals surface area contributed by atoms with Gasteiger partial charge in [-0.2, -0.15) is 0 Å². The minimum absolute atomic E-state index is 0.180. The van der Waals surface area contributed by atoms with Crippen LogP contribution in [0.25, 0.3) is 0 Å². The Morgan fingerprint density at radius 1 is 1.28 bits per heavy atom. The van der Waals surface area contributed by atoms with E-state index < -0.39 is 0 Å². The summed E-state index contributed by atoms with van der Waals surface area (Å²) in [6, 6.07) is 11.6. The molecule has 0 atom stereocenters. The van der Waals surface area contributed by atoms with Gasteiger partial charge in [-0.15, -0.1) is 0 Å². The van der Waals surface area contributed by atoms with Crippen LogP contribution in [0.3, 0.4) is 0 Å². The lowest BCUT2D eigenvalue weighted by Gasteiger charge is -2.05. The lowest BCUT2D eigenvalue weighted by atomic mass is 10.1. The molecule has 0 amide bonds. The first-order valence-electron chi connectivity index (χ1n) is 5.99. The van der Waals surface area contributed by atoms with Crippen molar-refractivity contribution in [3.05, 3.63) is 58.1 Å². The Morgan fingerprint density at radius 2 is 2.06 bits per heavy atom. The van der Waals surface area contributed by atoms with E-state index in [1.54, 1.807) is 6.92 Å². The van der Waals surface area contributed by atoms with E-state index in [1.165, 1.54) is 11.6 Å². The number of aromatic nitrogens is 2. The van der Waals surface area contributed by atoms with Gasteiger partial charge < -0.3 is 9.72 Å². The highest BCUT2D eigenvalue weighted by Crippen LogP contribution is 2.05. The predicted octanol–water partition coefficient (Wildman–Crippen LogP) is 2.09. The third kappa shape index (κ3) is 3.73. The van der Waals surface area contributed by atoms with Crippen molar-refractivity contribution in [3.63, 3.8) is 0 Å². The van der Waals surface area contributed by atoms with Gasteiger partial charge in [0.05, 0.1) is 12.7 Å². The molecule has 4 nitrogen and oxygen atoms in total. The van der Waals surface area contributed by atoms with Crippen LogP contribution < -0.4 is 10.3 Å². The van der Waals surface area contributed by atoms with Crippen LogP contribution in [-0.2, 0) is 6.42 Å². The molecule has 0 saturated heterocycles. The number of benzene rings is 1. The van der Waals surface area contributed by atoms with Gasteiger partial charge in [-0.3, -0.25) is 4.79 Å². The third-order valence-electron chi connectivity index (χ3n) is 2.54. The summed E-state index contributed by atoms with van der Waals surface area (Å²) in [7, 11) is 0. The van der Waals surface area contributed by atoms with Crippen LogP contribution in [0.4, 0.5) is 0 Å². The Hall–Kier alpha value is -2.10. The first-order chi connectivity index (χ1) is 8.74. The quantitative estimate of drug-likeness (QED) is 0.819. The van der Waals surface area contributed by atoms with Crippen molar-refractivity contribution in [2.45, 2.75) is 19.8 Å². The Kier molecular flexibility index (Phi) is 4.12. The zero-order chi connectivity index (χ0) is 12.8. The van der Waals surface area contributed by atoms with Crippen LogP contribution in [0.15, 0.2) is 41.2 Å². The Labute approximate surface area is 106 Å². The summed E-state index contributed by atoms with van der Waals surface area (Å²) in [5, 5.41) is 0. The number of aryl methyl sites for hydroxylation is 2. The fourth-order valence-electron chi connectivity index (χ4n) is 1.72. The molecule has 0 aliphatic carbocycles. The highest BCUT2D eigenvalue weighted by molar-refractivity contribution is 5.14. The summed E-state index contributed by atoms with van der Waals surface area (Å²) in [6.45, 7) is 2.29. The van der Waals surface area contributed by atoms with E-state index in [2.05, 4.69) is 22.1 Å². The number of nitrogens with zero attached hydrogens (tertiary/aromatic N) is 1. The summed E-state index contributed by atoms with van der Waals surface area (Å²) in [5.41, 5.74) is 1.11. The average Bonchev–Trinajstić information content (AvgIpc) is 2.35. The number of aromatic amines is 1.